The first kappa shape index (κ1) is 12.0. The van der Waals surface area contributed by atoms with Crippen molar-refractivity contribution >= 4 is 0 Å². The molecule has 2 aromatic carbocycles. The van der Waals surface area contributed by atoms with Crippen molar-refractivity contribution in [1.29, 1.82) is 0 Å². The number of ether oxygens (including phenoxy) is 2. The average molecular weight is 258 g/mol. The van der Waals surface area contributed by atoms with Crippen molar-refractivity contribution in [3.8, 4) is 11.5 Å². The minimum atomic E-state index is -0.211. The highest BCUT2D eigenvalue weighted by Gasteiger charge is 2.22. The smallest absolute Gasteiger partial charge is 0.137 e. The van der Waals surface area contributed by atoms with Crippen LogP contribution in [0.15, 0.2) is 42.5 Å². The van der Waals surface area contributed by atoms with Gasteiger partial charge in [-0.3, -0.25) is 0 Å². The fraction of sp³-hybridized carbons (Fsp3) is 0.250. The molecule has 1 aliphatic rings. The molecule has 1 aliphatic heterocycles. The minimum Gasteiger partial charge on any atom is -0.490 e. The average Bonchev–Trinajstić information content (AvgIpc) is 2.83. The third-order valence-corrected chi connectivity index (χ3v) is 3.28. The molecule has 0 aromatic heterocycles. The molecule has 0 N–H and O–H groups in total. The van der Waals surface area contributed by atoms with Gasteiger partial charge in [0.1, 0.15) is 30.0 Å². The standard InChI is InChI=1S/C16H15FO2/c1-11-8-13(6-7-15(11)17)18-10-14-9-12-4-2-3-5-16(12)19-14/h2-8,14H,9-10H2,1H3. The molecule has 19 heavy (non-hydrogen) atoms. The zero-order chi connectivity index (χ0) is 13.2. The first-order chi connectivity index (χ1) is 9.22. The van der Waals surface area contributed by atoms with Gasteiger partial charge in [0, 0.05) is 6.42 Å². The summed E-state index contributed by atoms with van der Waals surface area (Å²) in [6, 6.07) is 12.8. The quantitative estimate of drug-likeness (QED) is 0.838. The third kappa shape index (κ3) is 2.55. The Morgan fingerprint density at radius 1 is 1.26 bits per heavy atom. The predicted octanol–water partition coefficient (Wildman–Crippen LogP) is 3.52. The molecule has 98 valence electrons. The lowest BCUT2D eigenvalue weighted by Gasteiger charge is -2.12. The van der Waals surface area contributed by atoms with Gasteiger partial charge in [-0.2, -0.15) is 0 Å². The van der Waals surface area contributed by atoms with Gasteiger partial charge >= 0.3 is 0 Å². The molecule has 0 saturated carbocycles. The number of hydrogen-bond donors (Lipinski definition) is 0. The number of fused-ring (bicyclic) bond motifs is 1. The fourth-order valence-corrected chi connectivity index (χ4v) is 2.24. The summed E-state index contributed by atoms with van der Waals surface area (Å²) in [4.78, 5) is 0. The molecular weight excluding hydrogens is 243 g/mol. The monoisotopic (exact) mass is 258 g/mol. The van der Waals surface area contributed by atoms with Crippen LogP contribution in [0.1, 0.15) is 11.1 Å². The normalized spacial score (nSPS) is 16.8. The molecule has 0 spiro atoms. The largest absolute Gasteiger partial charge is 0.490 e. The van der Waals surface area contributed by atoms with Crippen LogP contribution in [0.3, 0.4) is 0 Å². The minimum absolute atomic E-state index is 0.0303. The summed E-state index contributed by atoms with van der Waals surface area (Å²) < 4.78 is 24.6. The second kappa shape index (κ2) is 4.92. The lowest BCUT2D eigenvalue weighted by Crippen LogP contribution is -2.22. The number of hydrogen-bond acceptors (Lipinski definition) is 2. The van der Waals surface area contributed by atoms with E-state index < -0.39 is 0 Å². The Balaban J connectivity index is 1.61. The van der Waals surface area contributed by atoms with Gasteiger partial charge in [0.15, 0.2) is 0 Å². The maximum absolute atomic E-state index is 13.1. The number of para-hydroxylation sites is 1. The van der Waals surface area contributed by atoms with E-state index in [1.807, 2.05) is 18.2 Å². The SMILES string of the molecule is Cc1cc(OCC2Cc3ccccc3O2)ccc1F. The predicted molar refractivity (Wildman–Crippen MR) is 71.2 cm³/mol. The molecule has 2 nitrogen and oxygen atoms in total. The first-order valence-corrected chi connectivity index (χ1v) is 6.36. The van der Waals surface area contributed by atoms with E-state index in [1.54, 1.807) is 19.1 Å². The molecule has 0 fully saturated rings. The molecule has 0 amide bonds. The summed E-state index contributed by atoms with van der Waals surface area (Å²) in [6.45, 7) is 2.20. The summed E-state index contributed by atoms with van der Waals surface area (Å²) >= 11 is 0. The van der Waals surface area contributed by atoms with Crippen LogP contribution >= 0.6 is 0 Å². The third-order valence-electron chi connectivity index (χ3n) is 3.28. The zero-order valence-electron chi connectivity index (χ0n) is 10.7. The molecule has 1 unspecified atom stereocenters. The van der Waals surface area contributed by atoms with E-state index >= 15 is 0 Å². The second-order valence-corrected chi connectivity index (χ2v) is 4.77. The lowest BCUT2D eigenvalue weighted by molar-refractivity contribution is 0.148. The highest BCUT2D eigenvalue weighted by Crippen LogP contribution is 2.28. The molecule has 0 bridgehead atoms. The van der Waals surface area contributed by atoms with E-state index in [0.717, 1.165) is 12.2 Å². The van der Waals surface area contributed by atoms with E-state index in [4.69, 9.17) is 9.47 Å². The number of halogens is 1. The number of benzene rings is 2. The van der Waals surface area contributed by atoms with Gasteiger partial charge in [0.05, 0.1) is 0 Å². The van der Waals surface area contributed by atoms with Gasteiger partial charge in [0.25, 0.3) is 0 Å². The van der Waals surface area contributed by atoms with Crippen LogP contribution < -0.4 is 9.47 Å². The van der Waals surface area contributed by atoms with Crippen LogP contribution in [0.2, 0.25) is 0 Å². The van der Waals surface area contributed by atoms with Crippen molar-refractivity contribution in [2.75, 3.05) is 6.61 Å². The van der Waals surface area contributed by atoms with E-state index in [9.17, 15) is 4.39 Å². The van der Waals surface area contributed by atoms with Gasteiger partial charge in [-0.15, -0.1) is 0 Å². The van der Waals surface area contributed by atoms with Gasteiger partial charge in [0.2, 0.25) is 0 Å². The van der Waals surface area contributed by atoms with E-state index in [-0.39, 0.29) is 11.9 Å². The Morgan fingerprint density at radius 3 is 2.89 bits per heavy atom. The van der Waals surface area contributed by atoms with Gasteiger partial charge < -0.3 is 9.47 Å². The molecule has 1 atom stereocenters. The summed E-state index contributed by atoms with van der Waals surface area (Å²) in [5.74, 6) is 1.40. The Kier molecular flexibility index (Phi) is 3.11. The molecule has 0 radical (unpaired) electrons. The van der Waals surface area contributed by atoms with Crippen LogP contribution in [0.25, 0.3) is 0 Å². The molecule has 3 rings (SSSR count). The maximum Gasteiger partial charge on any atom is 0.137 e. The lowest BCUT2D eigenvalue weighted by atomic mass is 10.1. The second-order valence-electron chi connectivity index (χ2n) is 4.77. The van der Waals surface area contributed by atoms with E-state index in [2.05, 4.69) is 6.07 Å². The molecular formula is C16H15FO2. The van der Waals surface area contributed by atoms with Crippen molar-refractivity contribution in [1.82, 2.24) is 0 Å². The molecule has 1 heterocycles. The van der Waals surface area contributed by atoms with Crippen molar-refractivity contribution < 1.29 is 13.9 Å². The topological polar surface area (TPSA) is 18.5 Å². The molecule has 2 aromatic rings. The summed E-state index contributed by atoms with van der Waals surface area (Å²) in [7, 11) is 0. The Morgan fingerprint density at radius 2 is 2.11 bits per heavy atom. The Labute approximate surface area is 111 Å². The van der Waals surface area contributed by atoms with Crippen LogP contribution in [0.5, 0.6) is 11.5 Å². The van der Waals surface area contributed by atoms with Crippen molar-refractivity contribution in [3.63, 3.8) is 0 Å². The summed E-state index contributed by atoms with van der Waals surface area (Å²) in [5.41, 5.74) is 1.81. The summed E-state index contributed by atoms with van der Waals surface area (Å²) in [5, 5.41) is 0. The van der Waals surface area contributed by atoms with Gasteiger partial charge in [-0.25, -0.2) is 4.39 Å². The molecule has 0 aliphatic carbocycles. The van der Waals surface area contributed by atoms with Crippen molar-refractivity contribution in [2.45, 2.75) is 19.4 Å². The number of rotatable bonds is 3. The molecule has 3 heteroatoms. The number of aryl methyl sites for hydroxylation is 1. The summed E-state index contributed by atoms with van der Waals surface area (Å²) in [6.07, 6.45) is 0.888. The highest BCUT2D eigenvalue weighted by atomic mass is 19.1. The first-order valence-electron chi connectivity index (χ1n) is 6.36. The zero-order valence-corrected chi connectivity index (χ0v) is 10.7. The highest BCUT2D eigenvalue weighted by molar-refractivity contribution is 5.37. The van der Waals surface area contributed by atoms with Crippen LogP contribution in [-0.2, 0) is 6.42 Å². The van der Waals surface area contributed by atoms with Crippen molar-refractivity contribution in [2.24, 2.45) is 0 Å². The Bertz CT molecular complexity index is 570. The van der Waals surface area contributed by atoms with Crippen molar-refractivity contribution in [3.05, 3.63) is 59.4 Å². The van der Waals surface area contributed by atoms with Crippen LogP contribution in [-0.4, -0.2) is 12.7 Å². The molecule has 0 saturated heterocycles. The Hall–Kier alpha value is -2.03. The maximum atomic E-state index is 13.1. The van der Waals surface area contributed by atoms with Crippen LogP contribution in [0, 0.1) is 12.7 Å². The van der Waals surface area contributed by atoms with E-state index in [1.165, 1.54) is 11.6 Å². The van der Waals surface area contributed by atoms with Crippen LogP contribution in [0.4, 0.5) is 4.39 Å². The van der Waals surface area contributed by atoms with Gasteiger partial charge in [-0.1, -0.05) is 18.2 Å². The van der Waals surface area contributed by atoms with Gasteiger partial charge in [-0.05, 0) is 42.3 Å². The fourth-order valence-electron chi connectivity index (χ4n) is 2.24. The van der Waals surface area contributed by atoms with E-state index in [0.29, 0.717) is 17.9 Å².